The van der Waals surface area contributed by atoms with Gasteiger partial charge in [-0.3, -0.25) is 0 Å². The Kier molecular flexibility index (Phi) is 3.84. The van der Waals surface area contributed by atoms with Crippen LogP contribution in [0.15, 0.2) is 54.6 Å². The minimum Gasteiger partial charge on any atom is -0.439 e. The van der Waals surface area contributed by atoms with Crippen molar-refractivity contribution in [3.05, 3.63) is 63.7 Å². The third-order valence-corrected chi connectivity index (χ3v) is 3.64. The van der Waals surface area contributed by atoms with Crippen LogP contribution in [-0.4, -0.2) is 10.1 Å². The molecule has 1 heterocycles. The van der Waals surface area contributed by atoms with Crippen LogP contribution in [0.1, 0.15) is 5.56 Å². The fraction of sp³-hybridized carbons (Fsp3) is 0.0625. The van der Waals surface area contributed by atoms with Crippen molar-refractivity contribution in [2.24, 2.45) is 0 Å². The van der Waals surface area contributed by atoms with Crippen LogP contribution in [0.2, 0.25) is 0 Å². The molecule has 0 saturated carbocycles. The van der Waals surface area contributed by atoms with E-state index in [0.717, 1.165) is 25.8 Å². The average Bonchev–Trinajstić information content (AvgIpc) is 2.46. The molecular weight excluding hydrogens is 365 g/mol. The molecule has 0 aliphatic carbocycles. The summed E-state index contributed by atoms with van der Waals surface area (Å²) in [5.41, 5.74) is 1.64. The molecule has 4 heteroatoms. The Morgan fingerprint density at radius 3 is 2.70 bits per heavy atom. The van der Waals surface area contributed by atoms with Gasteiger partial charge in [-0.15, -0.1) is 0 Å². The Balaban J connectivity index is 2.03. The summed E-state index contributed by atoms with van der Waals surface area (Å²) in [7, 11) is 0. The second kappa shape index (κ2) is 5.76. The van der Waals surface area contributed by atoms with Gasteiger partial charge in [0.15, 0.2) is 0 Å². The molecule has 3 aromatic rings. The number of hydrogen-bond donors (Lipinski definition) is 1. The van der Waals surface area contributed by atoms with Crippen LogP contribution in [0, 0.1) is 3.57 Å². The molecule has 0 fully saturated rings. The van der Waals surface area contributed by atoms with Crippen LogP contribution in [0.3, 0.4) is 0 Å². The Bertz CT molecular complexity index is 758. The van der Waals surface area contributed by atoms with Gasteiger partial charge in [0, 0.05) is 15.0 Å². The maximum Gasteiger partial charge on any atom is 0.220 e. The number of aliphatic hydroxyl groups excluding tert-OH is 1. The zero-order valence-electron chi connectivity index (χ0n) is 10.6. The van der Waals surface area contributed by atoms with Crippen molar-refractivity contribution in [2.75, 3.05) is 0 Å². The van der Waals surface area contributed by atoms with Gasteiger partial charge in [0.25, 0.3) is 0 Å². The van der Waals surface area contributed by atoms with Crippen LogP contribution >= 0.6 is 22.6 Å². The molecule has 3 nitrogen and oxygen atoms in total. The van der Waals surface area contributed by atoms with Crippen molar-refractivity contribution in [3.8, 4) is 11.6 Å². The Hall–Kier alpha value is -1.66. The number of fused-ring (bicyclic) bond motifs is 1. The summed E-state index contributed by atoms with van der Waals surface area (Å²) >= 11 is 2.24. The molecule has 0 aliphatic heterocycles. The lowest BCUT2D eigenvalue weighted by molar-refractivity contribution is 0.282. The maximum absolute atomic E-state index is 9.49. The standard InChI is InChI=1S/C16H12INO2/c17-12-4-3-5-13(9-12)20-16-8-11(10-19)14-6-1-2-7-15(14)18-16/h1-9,19H,10H2. The molecule has 0 saturated heterocycles. The Labute approximate surface area is 130 Å². The first kappa shape index (κ1) is 13.3. The summed E-state index contributed by atoms with van der Waals surface area (Å²) in [6.45, 7) is -0.0360. The van der Waals surface area contributed by atoms with Gasteiger partial charge in [0.05, 0.1) is 12.1 Å². The molecule has 0 atom stereocenters. The van der Waals surface area contributed by atoms with Gasteiger partial charge in [-0.05, 0) is 52.4 Å². The van der Waals surface area contributed by atoms with Gasteiger partial charge in [0.1, 0.15) is 5.75 Å². The lowest BCUT2D eigenvalue weighted by atomic mass is 10.1. The number of benzene rings is 2. The number of halogens is 1. The monoisotopic (exact) mass is 377 g/mol. The zero-order valence-corrected chi connectivity index (χ0v) is 12.7. The predicted molar refractivity (Wildman–Crippen MR) is 86.9 cm³/mol. The molecule has 0 spiro atoms. The maximum atomic E-state index is 9.49. The lowest BCUT2D eigenvalue weighted by Gasteiger charge is -2.09. The van der Waals surface area contributed by atoms with E-state index in [4.69, 9.17) is 4.74 Å². The van der Waals surface area contributed by atoms with Gasteiger partial charge in [-0.1, -0.05) is 24.3 Å². The van der Waals surface area contributed by atoms with Crippen molar-refractivity contribution in [1.82, 2.24) is 4.98 Å². The van der Waals surface area contributed by atoms with Crippen LogP contribution in [-0.2, 0) is 6.61 Å². The lowest BCUT2D eigenvalue weighted by Crippen LogP contribution is -1.94. The summed E-state index contributed by atoms with van der Waals surface area (Å²) in [4.78, 5) is 4.47. The largest absolute Gasteiger partial charge is 0.439 e. The van der Waals surface area contributed by atoms with Gasteiger partial charge in [-0.25, -0.2) is 4.98 Å². The zero-order chi connectivity index (χ0) is 13.9. The van der Waals surface area contributed by atoms with E-state index in [1.165, 1.54) is 0 Å². The molecule has 2 aromatic carbocycles. The molecule has 0 amide bonds. The topological polar surface area (TPSA) is 42.4 Å². The van der Waals surface area contributed by atoms with Gasteiger partial charge >= 0.3 is 0 Å². The van der Waals surface area contributed by atoms with E-state index < -0.39 is 0 Å². The van der Waals surface area contributed by atoms with Crippen molar-refractivity contribution >= 4 is 33.5 Å². The van der Waals surface area contributed by atoms with Crippen LogP contribution in [0.5, 0.6) is 11.6 Å². The third kappa shape index (κ3) is 2.76. The van der Waals surface area contributed by atoms with Gasteiger partial charge < -0.3 is 9.84 Å². The summed E-state index contributed by atoms with van der Waals surface area (Å²) < 4.78 is 6.88. The first-order chi connectivity index (χ1) is 9.76. The number of ether oxygens (including phenoxy) is 1. The number of aromatic nitrogens is 1. The van der Waals surface area contributed by atoms with Gasteiger partial charge in [-0.2, -0.15) is 0 Å². The highest BCUT2D eigenvalue weighted by Crippen LogP contribution is 2.26. The van der Waals surface area contributed by atoms with E-state index in [-0.39, 0.29) is 6.61 Å². The summed E-state index contributed by atoms with van der Waals surface area (Å²) in [6.07, 6.45) is 0. The molecular formula is C16H12INO2. The molecule has 100 valence electrons. The van der Waals surface area contributed by atoms with Crippen LogP contribution < -0.4 is 4.74 Å². The number of nitrogens with zero attached hydrogens (tertiary/aromatic N) is 1. The summed E-state index contributed by atoms with van der Waals surface area (Å²) in [5, 5.41) is 10.4. The molecule has 0 radical (unpaired) electrons. The van der Waals surface area contributed by atoms with Crippen molar-refractivity contribution < 1.29 is 9.84 Å². The second-order valence-corrected chi connectivity index (χ2v) is 5.60. The van der Waals surface area contributed by atoms with Crippen molar-refractivity contribution in [1.29, 1.82) is 0 Å². The molecule has 3 rings (SSSR count). The molecule has 0 unspecified atom stereocenters. The number of rotatable bonds is 3. The van der Waals surface area contributed by atoms with E-state index in [1.54, 1.807) is 6.07 Å². The highest BCUT2D eigenvalue weighted by molar-refractivity contribution is 14.1. The second-order valence-electron chi connectivity index (χ2n) is 4.35. The molecule has 20 heavy (non-hydrogen) atoms. The molecule has 1 aromatic heterocycles. The quantitative estimate of drug-likeness (QED) is 0.699. The van der Waals surface area contributed by atoms with E-state index in [2.05, 4.69) is 27.6 Å². The summed E-state index contributed by atoms with van der Waals surface area (Å²) in [5.74, 6) is 1.23. The van der Waals surface area contributed by atoms with Gasteiger partial charge in [0.2, 0.25) is 5.88 Å². The Morgan fingerprint density at radius 1 is 1.05 bits per heavy atom. The third-order valence-electron chi connectivity index (χ3n) is 2.97. The fourth-order valence-electron chi connectivity index (χ4n) is 2.05. The van der Waals surface area contributed by atoms with E-state index in [9.17, 15) is 5.11 Å². The van der Waals surface area contributed by atoms with E-state index in [1.807, 2.05) is 48.5 Å². The van der Waals surface area contributed by atoms with E-state index in [0.29, 0.717) is 5.88 Å². The Morgan fingerprint density at radius 2 is 1.90 bits per heavy atom. The van der Waals surface area contributed by atoms with Crippen LogP contribution in [0.4, 0.5) is 0 Å². The van der Waals surface area contributed by atoms with Crippen LogP contribution in [0.25, 0.3) is 10.9 Å². The van der Waals surface area contributed by atoms with E-state index >= 15 is 0 Å². The predicted octanol–water partition coefficient (Wildman–Crippen LogP) is 4.12. The summed E-state index contributed by atoms with van der Waals surface area (Å²) in [6, 6.07) is 17.3. The first-order valence-corrected chi connectivity index (χ1v) is 7.27. The highest BCUT2D eigenvalue weighted by atomic mass is 127. The molecule has 0 aliphatic rings. The van der Waals surface area contributed by atoms with Crippen molar-refractivity contribution in [2.45, 2.75) is 6.61 Å². The fourth-order valence-corrected chi connectivity index (χ4v) is 2.57. The normalized spacial score (nSPS) is 10.7. The first-order valence-electron chi connectivity index (χ1n) is 6.19. The number of para-hydroxylation sites is 1. The minimum absolute atomic E-state index is 0.0360. The number of aliphatic hydroxyl groups is 1. The highest BCUT2D eigenvalue weighted by Gasteiger charge is 2.06. The smallest absolute Gasteiger partial charge is 0.220 e. The SMILES string of the molecule is OCc1cc(Oc2cccc(I)c2)nc2ccccc12. The van der Waals surface area contributed by atoms with Crippen molar-refractivity contribution in [3.63, 3.8) is 0 Å². The average molecular weight is 377 g/mol. The minimum atomic E-state index is -0.0360. The number of pyridine rings is 1. The molecule has 0 bridgehead atoms. The number of hydrogen-bond acceptors (Lipinski definition) is 3. The molecule has 1 N–H and O–H groups in total.